The maximum Gasteiger partial charge on any atom is 0.266 e. The minimum Gasteiger partial charge on any atom is -0.322 e. The summed E-state index contributed by atoms with van der Waals surface area (Å²) in [6, 6.07) is 9.71. The number of hydrogen-bond donors (Lipinski definition) is 1. The number of halogens is 1. The molecule has 0 aliphatic rings. The lowest BCUT2D eigenvalue weighted by atomic mass is 10.1. The Morgan fingerprint density at radius 3 is 2.28 bits per heavy atom. The monoisotopic (exact) mass is 382 g/mol. The molecular weight excluding hydrogens is 364 g/mol. The molecule has 0 bridgehead atoms. The van der Waals surface area contributed by atoms with Crippen LogP contribution in [-0.4, -0.2) is 33.0 Å². The van der Waals surface area contributed by atoms with E-state index in [2.05, 4.69) is 5.32 Å². The van der Waals surface area contributed by atoms with Crippen molar-refractivity contribution in [2.24, 2.45) is 0 Å². The van der Waals surface area contributed by atoms with E-state index in [1.165, 1.54) is 32.4 Å². The van der Waals surface area contributed by atoms with Gasteiger partial charge in [-0.05, 0) is 55.3 Å². The fourth-order valence-corrected chi connectivity index (χ4v) is 3.80. The van der Waals surface area contributed by atoms with Crippen LogP contribution in [0.15, 0.2) is 41.3 Å². The molecule has 0 aliphatic carbocycles. The van der Waals surface area contributed by atoms with Gasteiger partial charge in [0.15, 0.2) is 0 Å². The smallest absolute Gasteiger partial charge is 0.266 e. The molecule has 0 fully saturated rings. The van der Waals surface area contributed by atoms with E-state index in [4.69, 9.17) is 16.4 Å². The topological polar surface area (TPSA) is 75.7 Å². The zero-order valence-corrected chi connectivity index (χ0v) is 15.9. The van der Waals surface area contributed by atoms with Crippen LogP contribution in [0.25, 0.3) is 0 Å². The van der Waals surface area contributed by atoms with Crippen LogP contribution >= 0.6 is 11.6 Å². The van der Waals surface area contributed by atoms with Crippen LogP contribution in [0.5, 0.6) is 0 Å². The molecule has 2 rings (SSSR count). The van der Waals surface area contributed by atoms with E-state index in [1.54, 1.807) is 0 Å². The van der Waals surface area contributed by atoms with Crippen molar-refractivity contribution in [3.63, 3.8) is 0 Å². The van der Waals surface area contributed by atoms with Crippen LogP contribution in [0.3, 0.4) is 0 Å². The van der Waals surface area contributed by atoms with Crippen LogP contribution in [0.4, 0.5) is 5.69 Å². The third kappa shape index (κ3) is 4.38. The third-order valence-electron chi connectivity index (χ3n) is 3.55. The van der Waals surface area contributed by atoms with Crippen molar-refractivity contribution in [1.82, 2.24) is 4.47 Å². The number of nitrogens with zero attached hydrogens (tertiary/aromatic N) is 1. The van der Waals surface area contributed by atoms with Gasteiger partial charge < -0.3 is 5.32 Å². The Bertz CT molecular complexity index is 893. The lowest BCUT2D eigenvalue weighted by molar-refractivity contribution is -0.0258. The van der Waals surface area contributed by atoms with E-state index < -0.39 is 15.9 Å². The van der Waals surface area contributed by atoms with Gasteiger partial charge in [-0.15, -0.1) is 0 Å². The Hall–Kier alpha value is -1.93. The summed E-state index contributed by atoms with van der Waals surface area (Å²) in [6.45, 7) is 3.85. The molecule has 1 N–H and O–H groups in total. The first kappa shape index (κ1) is 19.4. The van der Waals surface area contributed by atoms with Gasteiger partial charge in [-0.1, -0.05) is 22.1 Å². The van der Waals surface area contributed by atoms with Crippen molar-refractivity contribution < 1.29 is 18.0 Å². The van der Waals surface area contributed by atoms with Crippen molar-refractivity contribution in [3.8, 4) is 0 Å². The number of hydrogen-bond acceptors (Lipinski definition) is 4. The summed E-state index contributed by atoms with van der Waals surface area (Å²) in [4.78, 5) is 17.0. The van der Waals surface area contributed by atoms with E-state index in [0.29, 0.717) is 10.2 Å². The van der Waals surface area contributed by atoms with E-state index in [0.717, 1.165) is 11.1 Å². The quantitative estimate of drug-likeness (QED) is 0.804. The Morgan fingerprint density at radius 2 is 1.72 bits per heavy atom. The summed E-state index contributed by atoms with van der Waals surface area (Å²) in [5, 5.41) is 2.77. The second-order valence-electron chi connectivity index (χ2n) is 5.57. The van der Waals surface area contributed by atoms with Gasteiger partial charge in [-0.3, -0.25) is 9.63 Å². The zero-order valence-electron chi connectivity index (χ0n) is 14.3. The SMILES string of the molecule is CON(C)S(=O)(=O)c1cc(C(=O)Nc2cc(C)cc(C)c2)ccc1Cl. The first-order chi connectivity index (χ1) is 11.6. The predicted octanol–water partition coefficient (Wildman–Crippen LogP) is 3.39. The van der Waals surface area contributed by atoms with Gasteiger partial charge in [0.1, 0.15) is 4.90 Å². The van der Waals surface area contributed by atoms with Crippen molar-refractivity contribution >= 4 is 33.2 Å². The molecule has 134 valence electrons. The minimum atomic E-state index is -3.96. The van der Waals surface area contributed by atoms with Gasteiger partial charge in [-0.2, -0.15) is 0 Å². The van der Waals surface area contributed by atoms with Gasteiger partial charge in [0.25, 0.3) is 15.9 Å². The van der Waals surface area contributed by atoms with Gasteiger partial charge in [-0.25, -0.2) is 8.42 Å². The lowest BCUT2D eigenvalue weighted by Gasteiger charge is -2.16. The van der Waals surface area contributed by atoms with Crippen molar-refractivity contribution in [1.29, 1.82) is 0 Å². The molecule has 0 aromatic heterocycles. The van der Waals surface area contributed by atoms with E-state index in [9.17, 15) is 13.2 Å². The molecule has 1 amide bonds. The Labute approximate surface area is 152 Å². The molecule has 0 atom stereocenters. The third-order valence-corrected chi connectivity index (χ3v) is 5.71. The summed E-state index contributed by atoms with van der Waals surface area (Å²) in [6.07, 6.45) is 0. The number of carbonyl (C=O) groups is 1. The molecule has 0 saturated carbocycles. The molecule has 0 heterocycles. The number of carbonyl (C=O) groups excluding carboxylic acids is 1. The van der Waals surface area contributed by atoms with Gasteiger partial charge in [0, 0.05) is 18.3 Å². The van der Waals surface area contributed by atoms with Gasteiger partial charge in [0.2, 0.25) is 0 Å². The Kier molecular flexibility index (Phi) is 5.84. The van der Waals surface area contributed by atoms with Gasteiger partial charge >= 0.3 is 0 Å². The largest absolute Gasteiger partial charge is 0.322 e. The maximum absolute atomic E-state index is 12.5. The van der Waals surface area contributed by atoms with Gasteiger partial charge in [0.05, 0.1) is 12.1 Å². The van der Waals surface area contributed by atoms with Crippen LogP contribution < -0.4 is 5.32 Å². The summed E-state index contributed by atoms with van der Waals surface area (Å²) in [7, 11) is -1.49. The number of rotatable bonds is 5. The number of amides is 1. The van der Waals surface area contributed by atoms with Crippen LogP contribution in [-0.2, 0) is 14.9 Å². The van der Waals surface area contributed by atoms with E-state index in [1.807, 2.05) is 32.0 Å². The number of anilines is 1. The van der Waals surface area contributed by atoms with E-state index >= 15 is 0 Å². The molecule has 25 heavy (non-hydrogen) atoms. The molecule has 2 aromatic carbocycles. The van der Waals surface area contributed by atoms with Crippen molar-refractivity contribution in [3.05, 3.63) is 58.1 Å². The lowest BCUT2D eigenvalue weighted by Crippen LogP contribution is -2.26. The summed E-state index contributed by atoms with van der Waals surface area (Å²) >= 11 is 6.00. The van der Waals surface area contributed by atoms with E-state index in [-0.39, 0.29) is 15.5 Å². The average molecular weight is 383 g/mol. The Balaban J connectivity index is 2.37. The highest BCUT2D eigenvalue weighted by Crippen LogP contribution is 2.26. The molecule has 0 saturated heterocycles. The highest BCUT2D eigenvalue weighted by Gasteiger charge is 2.25. The highest BCUT2D eigenvalue weighted by atomic mass is 35.5. The Morgan fingerprint density at radius 1 is 1.12 bits per heavy atom. The second kappa shape index (κ2) is 7.53. The first-order valence-corrected chi connectivity index (χ1v) is 9.19. The fourth-order valence-electron chi connectivity index (χ4n) is 2.33. The summed E-state index contributed by atoms with van der Waals surface area (Å²) in [5.74, 6) is -0.432. The molecule has 0 radical (unpaired) electrons. The molecule has 6 nitrogen and oxygen atoms in total. The number of nitrogens with one attached hydrogen (secondary N) is 1. The normalized spacial score (nSPS) is 11.6. The molecular formula is C17H19ClN2O4S. The standard InChI is InChI=1S/C17H19ClN2O4S/c1-11-7-12(2)9-14(8-11)19-17(21)13-5-6-15(18)16(10-13)25(22,23)20(3)24-4/h5-10H,1-4H3,(H,19,21). The summed E-state index contributed by atoms with van der Waals surface area (Å²) < 4.78 is 25.5. The van der Waals surface area contributed by atoms with Crippen LogP contribution in [0, 0.1) is 13.8 Å². The molecule has 0 aliphatic heterocycles. The minimum absolute atomic E-state index is 0.00634. The van der Waals surface area contributed by atoms with Crippen LogP contribution in [0.2, 0.25) is 5.02 Å². The average Bonchev–Trinajstić information content (AvgIpc) is 2.53. The number of sulfonamides is 1. The molecule has 8 heteroatoms. The number of hydroxylamine groups is 1. The predicted molar refractivity (Wildman–Crippen MR) is 97.3 cm³/mol. The second-order valence-corrected chi connectivity index (χ2v) is 7.88. The maximum atomic E-state index is 12.5. The number of aryl methyl sites for hydroxylation is 2. The zero-order chi connectivity index (χ0) is 18.8. The van der Waals surface area contributed by atoms with Crippen molar-refractivity contribution in [2.45, 2.75) is 18.7 Å². The molecule has 0 spiro atoms. The first-order valence-electron chi connectivity index (χ1n) is 7.37. The number of benzene rings is 2. The summed E-state index contributed by atoms with van der Waals surface area (Å²) in [5.41, 5.74) is 2.83. The molecule has 2 aromatic rings. The van der Waals surface area contributed by atoms with Crippen molar-refractivity contribution in [2.75, 3.05) is 19.5 Å². The molecule has 0 unspecified atom stereocenters. The highest BCUT2D eigenvalue weighted by molar-refractivity contribution is 7.89. The fraction of sp³-hybridized carbons (Fsp3) is 0.235. The van der Waals surface area contributed by atoms with Crippen LogP contribution in [0.1, 0.15) is 21.5 Å².